The van der Waals surface area contributed by atoms with Crippen LogP contribution in [0.3, 0.4) is 0 Å². The number of hydrogen-bond acceptors (Lipinski definition) is 8. The Bertz CT molecular complexity index is 1500. The van der Waals surface area contributed by atoms with E-state index in [2.05, 4.69) is 104 Å². The van der Waals surface area contributed by atoms with Crippen molar-refractivity contribution in [2.24, 2.45) is 0 Å². The van der Waals surface area contributed by atoms with Crippen molar-refractivity contribution >= 4 is 5.91 Å². The molecule has 0 aromatic carbocycles. The standard InChI is InChI=1S/C69H123NO8/c1-3-5-7-9-11-13-15-17-19-21-23-25-27-29-31-32-33-35-37-39-41-43-45-47-49-51-53-55-57-59-65(73)70-62(61-77-69-68(76)67(75)66(74)64(60-71)78-69)63(72)58-56-54-52-50-48-46-44-42-40-38-36-34-30-28-26-24-22-20-18-16-14-12-10-8-6-4-2/h5,7,11,13,17,19,23,25,29,31,33,35,39,41,62-64,66-69,71-72,74-76H,3-4,6,8-10,12,14-16,18,20-22,24,26-28,30,32,34,36-38,40,42-61H2,1-2H3,(H,70,73)/b7-5-,13-11-,19-17-,25-23-,31-29-,35-33-,41-39-. The van der Waals surface area contributed by atoms with Crippen LogP contribution in [0.15, 0.2) is 85.1 Å². The first-order valence-corrected chi connectivity index (χ1v) is 32.8. The highest BCUT2D eigenvalue weighted by molar-refractivity contribution is 5.76. The molecule has 1 fully saturated rings. The van der Waals surface area contributed by atoms with Gasteiger partial charge in [0.2, 0.25) is 5.91 Å². The Kier molecular flexibility index (Phi) is 54.2. The molecule has 1 heterocycles. The number of carbonyl (C=O) groups excluding carboxylic acids is 1. The first-order chi connectivity index (χ1) is 38.3. The van der Waals surface area contributed by atoms with Crippen molar-refractivity contribution in [2.75, 3.05) is 13.2 Å². The summed E-state index contributed by atoms with van der Waals surface area (Å²) >= 11 is 0. The molecule has 1 amide bonds. The maximum Gasteiger partial charge on any atom is 0.220 e. The molecule has 7 atom stereocenters. The Balaban J connectivity index is 2.18. The summed E-state index contributed by atoms with van der Waals surface area (Å²) in [6.07, 6.45) is 74.8. The van der Waals surface area contributed by atoms with Crippen LogP contribution in [0.2, 0.25) is 0 Å². The Morgan fingerprint density at radius 2 is 0.795 bits per heavy atom. The van der Waals surface area contributed by atoms with Gasteiger partial charge in [-0.15, -0.1) is 0 Å². The van der Waals surface area contributed by atoms with Gasteiger partial charge in [0.1, 0.15) is 24.4 Å². The van der Waals surface area contributed by atoms with E-state index in [0.717, 1.165) is 96.3 Å². The van der Waals surface area contributed by atoms with Gasteiger partial charge in [0.05, 0.1) is 25.4 Å². The summed E-state index contributed by atoms with van der Waals surface area (Å²) in [5, 5.41) is 54.9. The minimum atomic E-state index is -1.56. The van der Waals surface area contributed by atoms with E-state index in [1.807, 2.05) is 0 Å². The van der Waals surface area contributed by atoms with E-state index in [0.29, 0.717) is 12.8 Å². The summed E-state index contributed by atoms with van der Waals surface area (Å²) in [5.74, 6) is -0.155. The summed E-state index contributed by atoms with van der Waals surface area (Å²) in [5.41, 5.74) is 0. The molecule has 0 spiro atoms. The van der Waals surface area contributed by atoms with Gasteiger partial charge in [0.25, 0.3) is 0 Å². The van der Waals surface area contributed by atoms with Crippen molar-refractivity contribution in [1.29, 1.82) is 0 Å². The maximum absolute atomic E-state index is 13.1. The topological polar surface area (TPSA) is 149 Å². The lowest BCUT2D eigenvalue weighted by molar-refractivity contribution is -0.302. The highest BCUT2D eigenvalue weighted by Gasteiger charge is 2.44. The highest BCUT2D eigenvalue weighted by Crippen LogP contribution is 2.23. The number of nitrogens with one attached hydrogen (secondary N) is 1. The predicted molar refractivity (Wildman–Crippen MR) is 332 cm³/mol. The summed E-state index contributed by atoms with van der Waals surface area (Å²) < 4.78 is 11.3. The SMILES string of the molecule is CC/C=C\C/C=C\C/C=C\C/C=C\C/C=C\C/C=C\C/C=C\CCCCCCCCCC(=O)NC(COC1OC(CO)C(O)C(O)C1O)C(O)CCCCCCCCCCCCCCCCCCCCCCCCCCCC. The molecule has 1 aliphatic heterocycles. The lowest BCUT2D eigenvalue weighted by Gasteiger charge is -2.40. The minimum Gasteiger partial charge on any atom is -0.394 e. The zero-order chi connectivity index (χ0) is 56.5. The molecule has 452 valence electrons. The second-order valence-electron chi connectivity index (χ2n) is 22.5. The fourth-order valence-corrected chi connectivity index (χ4v) is 10.1. The van der Waals surface area contributed by atoms with Crippen molar-refractivity contribution in [1.82, 2.24) is 5.32 Å². The number of unbranched alkanes of at least 4 members (excludes halogenated alkanes) is 32. The highest BCUT2D eigenvalue weighted by atomic mass is 16.7. The van der Waals surface area contributed by atoms with Crippen LogP contribution in [0.25, 0.3) is 0 Å². The van der Waals surface area contributed by atoms with Gasteiger partial charge in [-0.25, -0.2) is 0 Å². The fourth-order valence-electron chi connectivity index (χ4n) is 10.1. The molecule has 6 N–H and O–H groups in total. The first kappa shape index (κ1) is 73.4. The van der Waals surface area contributed by atoms with Crippen molar-refractivity contribution < 1.29 is 39.8 Å². The van der Waals surface area contributed by atoms with Crippen molar-refractivity contribution in [3.05, 3.63) is 85.1 Å². The van der Waals surface area contributed by atoms with E-state index in [1.54, 1.807) is 0 Å². The molecule has 0 aromatic heterocycles. The number of amides is 1. The normalized spacial score (nSPS) is 19.2. The average Bonchev–Trinajstić information content (AvgIpc) is 3.45. The van der Waals surface area contributed by atoms with Crippen LogP contribution >= 0.6 is 0 Å². The van der Waals surface area contributed by atoms with E-state index in [1.165, 1.54) is 167 Å². The van der Waals surface area contributed by atoms with Gasteiger partial charge in [-0.2, -0.15) is 0 Å². The largest absolute Gasteiger partial charge is 0.394 e. The van der Waals surface area contributed by atoms with Gasteiger partial charge >= 0.3 is 0 Å². The van der Waals surface area contributed by atoms with Crippen LogP contribution in [0.4, 0.5) is 0 Å². The fraction of sp³-hybridized carbons (Fsp3) is 0.783. The molecule has 78 heavy (non-hydrogen) atoms. The second kappa shape index (κ2) is 57.6. The molecule has 9 nitrogen and oxygen atoms in total. The smallest absolute Gasteiger partial charge is 0.220 e. The molecule has 1 aliphatic rings. The quantitative estimate of drug-likeness (QED) is 0.0261. The van der Waals surface area contributed by atoms with Gasteiger partial charge in [0, 0.05) is 6.42 Å². The van der Waals surface area contributed by atoms with Gasteiger partial charge in [0.15, 0.2) is 6.29 Å². The van der Waals surface area contributed by atoms with E-state index < -0.39 is 49.5 Å². The van der Waals surface area contributed by atoms with Crippen LogP contribution in [0, 0.1) is 0 Å². The van der Waals surface area contributed by atoms with Crippen LogP contribution in [-0.2, 0) is 14.3 Å². The third kappa shape index (κ3) is 46.0. The van der Waals surface area contributed by atoms with Gasteiger partial charge in [-0.05, 0) is 70.6 Å². The average molecular weight is 1090 g/mol. The lowest BCUT2D eigenvalue weighted by atomic mass is 9.99. The van der Waals surface area contributed by atoms with Crippen molar-refractivity contribution in [2.45, 2.75) is 333 Å². The number of allylic oxidation sites excluding steroid dienone is 14. The molecular weight excluding hydrogens is 971 g/mol. The second-order valence-corrected chi connectivity index (χ2v) is 22.5. The number of carbonyl (C=O) groups is 1. The van der Waals surface area contributed by atoms with Crippen LogP contribution in [-0.4, -0.2) is 87.5 Å². The van der Waals surface area contributed by atoms with E-state index >= 15 is 0 Å². The van der Waals surface area contributed by atoms with Gasteiger partial charge in [-0.3, -0.25) is 4.79 Å². The Labute approximate surface area is 480 Å². The molecule has 0 aromatic rings. The molecule has 0 bridgehead atoms. The predicted octanol–water partition coefficient (Wildman–Crippen LogP) is 17.4. The van der Waals surface area contributed by atoms with E-state index in [-0.39, 0.29) is 12.5 Å². The summed E-state index contributed by atoms with van der Waals surface area (Å²) in [6.45, 7) is 3.74. The number of ether oxygens (including phenoxy) is 2. The summed E-state index contributed by atoms with van der Waals surface area (Å²) in [4.78, 5) is 13.1. The third-order valence-corrected chi connectivity index (χ3v) is 15.3. The number of hydrogen-bond donors (Lipinski definition) is 6. The van der Waals surface area contributed by atoms with Gasteiger partial charge < -0.3 is 40.3 Å². The van der Waals surface area contributed by atoms with Crippen LogP contribution < -0.4 is 5.32 Å². The number of aliphatic hydroxyl groups is 5. The van der Waals surface area contributed by atoms with E-state index in [4.69, 9.17) is 9.47 Å². The zero-order valence-corrected chi connectivity index (χ0v) is 50.4. The molecular formula is C69H123NO8. The zero-order valence-electron chi connectivity index (χ0n) is 50.4. The van der Waals surface area contributed by atoms with E-state index in [9.17, 15) is 30.3 Å². The summed E-state index contributed by atoms with van der Waals surface area (Å²) in [7, 11) is 0. The number of rotatable bonds is 56. The molecule has 7 unspecified atom stereocenters. The Morgan fingerprint density at radius 3 is 1.18 bits per heavy atom. The van der Waals surface area contributed by atoms with Crippen molar-refractivity contribution in [3.63, 3.8) is 0 Å². The molecule has 0 aliphatic carbocycles. The third-order valence-electron chi connectivity index (χ3n) is 15.3. The molecule has 9 heteroatoms. The van der Waals surface area contributed by atoms with Gasteiger partial charge in [-0.1, -0.05) is 298 Å². The monoisotopic (exact) mass is 1090 g/mol. The maximum atomic E-state index is 13.1. The molecule has 0 saturated carbocycles. The minimum absolute atomic E-state index is 0.146. The molecule has 0 radical (unpaired) electrons. The van der Waals surface area contributed by atoms with Crippen LogP contribution in [0.5, 0.6) is 0 Å². The summed E-state index contributed by atoms with van der Waals surface area (Å²) in [6, 6.07) is -0.733. The van der Waals surface area contributed by atoms with Crippen LogP contribution in [0.1, 0.15) is 290 Å². The Hall–Kier alpha value is -2.63. The Morgan fingerprint density at radius 1 is 0.449 bits per heavy atom. The number of aliphatic hydroxyl groups excluding tert-OH is 5. The first-order valence-electron chi connectivity index (χ1n) is 32.8. The van der Waals surface area contributed by atoms with Crippen molar-refractivity contribution in [3.8, 4) is 0 Å². The molecule has 1 rings (SSSR count). The molecule has 1 saturated heterocycles. The lowest BCUT2D eigenvalue weighted by Crippen LogP contribution is -2.60.